The first-order valence-corrected chi connectivity index (χ1v) is 11.0. The van der Waals surface area contributed by atoms with E-state index in [0.717, 1.165) is 41.1 Å². The highest BCUT2D eigenvalue weighted by Gasteiger charge is 2.33. The summed E-state index contributed by atoms with van der Waals surface area (Å²) in [5.41, 5.74) is 5.90. The molecule has 3 atom stereocenters. The molecule has 3 heterocycles. The summed E-state index contributed by atoms with van der Waals surface area (Å²) in [6.07, 6.45) is 5.41. The number of aryl methyl sites for hydroxylation is 1. The van der Waals surface area contributed by atoms with Gasteiger partial charge < -0.3 is 19.6 Å². The molecule has 4 rings (SSSR count). The van der Waals surface area contributed by atoms with Gasteiger partial charge in [-0.3, -0.25) is 4.68 Å². The first-order valence-electron chi connectivity index (χ1n) is 11.0. The van der Waals surface area contributed by atoms with E-state index in [1.54, 1.807) is 4.68 Å². The Morgan fingerprint density at radius 3 is 2.94 bits per heavy atom. The largest absolute Gasteiger partial charge is 0.390 e. The van der Waals surface area contributed by atoms with Crippen molar-refractivity contribution in [2.75, 3.05) is 13.7 Å². The van der Waals surface area contributed by atoms with Crippen molar-refractivity contribution in [3.8, 4) is 0 Å². The average molecular weight is 430 g/mol. The summed E-state index contributed by atoms with van der Waals surface area (Å²) in [5, 5.41) is 17.1. The highest BCUT2D eigenvalue weighted by molar-refractivity contribution is 5.43. The van der Waals surface area contributed by atoms with E-state index >= 15 is 0 Å². The zero-order valence-electron chi connectivity index (χ0n) is 18.5. The quantitative estimate of drug-likeness (QED) is 0.576. The highest BCUT2D eigenvalue weighted by atomic mass is 19.1. The molecule has 1 aliphatic rings. The maximum Gasteiger partial charge on any atom is 0.136 e. The number of ether oxygens (including phenoxy) is 1. The number of alkyl halides is 1. The van der Waals surface area contributed by atoms with Crippen molar-refractivity contribution in [1.29, 1.82) is 0 Å². The van der Waals surface area contributed by atoms with E-state index < -0.39 is 6.17 Å². The van der Waals surface area contributed by atoms with Crippen LogP contribution in [0.3, 0.4) is 0 Å². The van der Waals surface area contributed by atoms with Gasteiger partial charge in [0.1, 0.15) is 11.8 Å². The molecule has 1 saturated carbocycles. The van der Waals surface area contributed by atoms with Gasteiger partial charge >= 0.3 is 0 Å². The summed E-state index contributed by atoms with van der Waals surface area (Å²) in [7, 11) is 3.79. The molecule has 0 aliphatic heterocycles. The van der Waals surface area contributed by atoms with E-state index in [9.17, 15) is 9.50 Å². The molecule has 0 amide bonds. The molecule has 0 saturated heterocycles. The Bertz CT molecular complexity index is 1030. The number of aliphatic hydroxyl groups is 1. The monoisotopic (exact) mass is 429 g/mol. The van der Waals surface area contributed by atoms with Crippen LogP contribution in [0, 0.1) is 6.92 Å². The van der Waals surface area contributed by atoms with Crippen molar-refractivity contribution < 1.29 is 14.2 Å². The molecule has 2 N–H and O–H groups in total. The summed E-state index contributed by atoms with van der Waals surface area (Å²) in [5.74, 6) is 0.147. The summed E-state index contributed by atoms with van der Waals surface area (Å²) in [4.78, 5) is 4.47. The Hall–Kier alpha value is -2.29. The minimum absolute atomic E-state index is 0.0878. The molecular weight excluding hydrogens is 397 g/mol. The molecule has 168 valence electrons. The van der Waals surface area contributed by atoms with Gasteiger partial charge in [-0.1, -0.05) is 6.07 Å². The molecule has 2 unspecified atom stereocenters. The van der Waals surface area contributed by atoms with Crippen molar-refractivity contribution in [3.05, 3.63) is 52.7 Å². The predicted octanol–water partition coefficient (Wildman–Crippen LogP) is 2.82. The van der Waals surface area contributed by atoms with Gasteiger partial charge in [-0.2, -0.15) is 5.10 Å². The number of aliphatic hydroxyl groups excluding tert-OH is 1. The van der Waals surface area contributed by atoms with Gasteiger partial charge in [-0.15, -0.1) is 0 Å². The number of hydrogen-bond donors (Lipinski definition) is 2. The first-order chi connectivity index (χ1) is 15.0. The number of fused-ring (bicyclic) bond motifs is 1. The lowest BCUT2D eigenvalue weighted by Crippen LogP contribution is -2.32. The van der Waals surface area contributed by atoms with Crippen LogP contribution in [0.4, 0.5) is 4.39 Å². The van der Waals surface area contributed by atoms with Crippen LogP contribution in [0.15, 0.2) is 24.5 Å². The maximum atomic E-state index is 14.3. The van der Waals surface area contributed by atoms with Crippen molar-refractivity contribution in [1.82, 2.24) is 24.5 Å². The molecule has 0 radical (unpaired) electrons. The maximum absolute atomic E-state index is 14.3. The van der Waals surface area contributed by atoms with E-state index in [1.807, 2.05) is 33.3 Å². The average Bonchev–Trinajstić information content (AvgIpc) is 3.29. The molecule has 8 heteroatoms. The van der Waals surface area contributed by atoms with Crippen LogP contribution < -0.4 is 5.32 Å². The second kappa shape index (κ2) is 9.46. The summed E-state index contributed by atoms with van der Waals surface area (Å²) in [6, 6.07) is 4.12. The van der Waals surface area contributed by atoms with Crippen molar-refractivity contribution in [2.24, 2.45) is 7.05 Å². The Morgan fingerprint density at radius 1 is 1.32 bits per heavy atom. The minimum atomic E-state index is -0.828. The zero-order chi connectivity index (χ0) is 22.0. The van der Waals surface area contributed by atoms with Crippen molar-refractivity contribution in [2.45, 2.75) is 64.0 Å². The fourth-order valence-corrected chi connectivity index (χ4v) is 4.71. The lowest BCUT2D eigenvalue weighted by Gasteiger charge is -2.33. The third kappa shape index (κ3) is 4.51. The van der Waals surface area contributed by atoms with Crippen LogP contribution in [0.5, 0.6) is 0 Å². The van der Waals surface area contributed by atoms with Crippen LogP contribution in [-0.2, 0) is 31.4 Å². The fourth-order valence-electron chi connectivity index (χ4n) is 4.71. The molecule has 0 aromatic carbocycles. The second-order valence-corrected chi connectivity index (χ2v) is 8.44. The Kier molecular flexibility index (Phi) is 6.69. The Balaban J connectivity index is 1.51. The number of pyridine rings is 1. The van der Waals surface area contributed by atoms with E-state index in [2.05, 4.69) is 32.1 Å². The molecular formula is C23H32FN5O2. The highest BCUT2D eigenvalue weighted by Crippen LogP contribution is 2.36. The Labute approximate surface area is 182 Å². The molecule has 0 spiro atoms. The lowest BCUT2D eigenvalue weighted by atomic mass is 9.81. The van der Waals surface area contributed by atoms with Gasteiger partial charge in [0.25, 0.3) is 0 Å². The molecule has 3 aromatic rings. The number of halogens is 1. The van der Waals surface area contributed by atoms with Gasteiger partial charge in [-0.05, 0) is 44.9 Å². The number of nitrogens with one attached hydrogen (secondary N) is 1. The van der Waals surface area contributed by atoms with Crippen LogP contribution >= 0.6 is 0 Å². The van der Waals surface area contributed by atoms with E-state index in [0.29, 0.717) is 31.6 Å². The predicted molar refractivity (Wildman–Crippen MR) is 117 cm³/mol. The van der Waals surface area contributed by atoms with Gasteiger partial charge in [0, 0.05) is 43.4 Å². The fraction of sp³-hybridized carbons (Fsp3) is 0.565. The van der Waals surface area contributed by atoms with E-state index in [4.69, 9.17) is 4.74 Å². The molecule has 3 aromatic heterocycles. The summed E-state index contributed by atoms with van der Waals surface area (Å²) >= 11 is 0. The lowest BCUT2D eigenvalue weighted by molar-refractivity contribution is -0.00744. The third-order valence-electron chi connectivity index (χ3n) is 6.49. The second-order valence-electron chi connectivity index (χ2n) is 8.44. The van der Waals surface area contributed by atoms with E-state index in [-0.39, 0.29) is 18.6 Å². The molecule has 1 fully saturated rings. The molecule has 7 nitrogen and oxygen atoms in total. The van der Waals surface area contributed by atoms with Gasteiger partial charge in [0.15, 0.2) is 0 Å². The smallest absolute Gasteiger partial charge is 0.136 e. The minimum Gasteiger partial charge on any atom is -0.390 e. The number of imidazole rings is 1. The molecule has 0 bridgehead atoms. The van der Waals surface area contributed by atoms with Crippen molar-refractivity contribution in [3.63, 3.8) is 0 Å². The number of aromatic nitrogens is 4. The number of rotatable bonds is 8. The summed E-state index contributed by atoms with van der Waals surface area (Å²) < 4.78 is 24.4. The van der Waals surface area contributed by atoms with Crippen LogP contribution in [0.2, 0.25) is 0 Å². The molecule has 31 heavy (non-hydrogen) atoms. The summed E-state index contributed by atoms with van der Waals surface area (Å²) in [6.45, 7) is 3.12. The SMILES string of the molecule is CNCc1cnc2ccc(C3CCC(F)C[C@@H]3OCCc3c(CO)nn(C)c3C)cn12. The third-order valence-corrected chi connectivity index (χ3v) is 6.49. The molecule has 1 aliphatic carbocycles. The Morgan fingerprint density at radius 2 is 2.16 bits per heavy atom. The first kappa shape index (κ1) is 21.9. The number of hydrogen-bond acceptors (Lipinski definition) is 5. The zero-order valence-corrected chi connectivity index (χ0v) is 18.5. The number of nitrogens with zero attached hydrogens (tertiary/aromatic N) is 4. The van der Waals surface area contributed by atoms with Crippen molar-refractivity contribution >= 4 is 5.65 Å². The van der Waals surface area contributed by atoms with Gasteiger partial charge in [0.05, 0.1) is 36.9 Å². The standard InChI is InChI=1S/C23H32FN5O2/c1-15-19(21(14-30)27-28(15)3)8-9-31-22-10-17(24)5-6-20(22)16-4-7-23-26-12-18(11-25-2)29(23)13-16/h4,7,12-13,17,20,22,25,30H,5-6,8-11,14H2,1-3H3/t17?,20?,22-/m0/s1. The van der Waals surface area contributed by atoms with E-state index in [1.165, 1.54) is 0 Å². The topological polar surface area (TPSA) is 76.6 Å². The van der Waals surface area contributed by atoms with Gasteiger partial charge in [0.2, 0.25) is 0 Å². The van der Waals surface area contributed by atoms with Gasteiger partial charge in [-0.25, -0.2) is 9.37 Å². The van der Waals surface area contributed by atoms with Crippen LogP contribution in [-0.4, -0.2) is 50.2 Å². The normalized spacial score (nSPS) is 21.8. The van der Waals surface area contributed by atoms with Crippen LogP contribution in [0.1, 0.15) is 53.4 Å². The van der Waals surface area contributed by atoms with Crippen LogP contribution in [0.25, 0.3) is 5.65 Å².